The summed E-state index contributed by atoms with van der Waals surface area (Å²) < 4.78 is 9.26. The van der Waals surface area contributed by atoms with Crippen molar-refractivity contribution in [1.82, 2.24) is 19.5 Å². The molecule has 5 nitrogen and oxygen atoms in total. The van der Waals surface area contributed by atoms with Crippen LogP contribution in [-0.4, -0.2) is 19.5 Å². The Balaban J connectivity index is 0.935. The average Bonchev–Trinajstić information content (AvgIpc) is 3.97. The van der Waals surface area contributed by atoms with Gasteiger partial charge in [0.05, 0.1) is 11.0 Å². The second kappa shape index (κ2) is 16.4. The lowest BCUT2D eigenvalue weighted by Gasteiger charge is -2.10. The molecule has 0 aliphatic heterocycles. The Morgan fingerprint density at radius 3 is 1.34 bits per heavy atom. The molecule has 3 heterocycles. The molecule has 0 unspecified atom stereocenters. The Morgan fingerprint density at radius 2 is 0.706 bits per heavy atom. The minimum Gasteiger partial charge on any atom is -0.454 e. The SMILES string of the molecule is c1ccc(-c2ccc(-c3nc(-c4cccc(-c5ccccc5)c4)nc(-c4ccc5oc6c(ccc7c8ccccc8n(-c8ccc(-c9cccc(-c%10ccccc%10)c9)cc8)c76)c5c4)n3)cc2)cc1. The van der Waals surface area contributed by atoms with Crippen LogP contribution >= 0.6 is 0 Å². The van der Waals surface area contributed by atoms with Gasteiger partial charge in [0.25, 0.3) is 0 Å². The molecule has 0 bridgehead atoms. The third-order valence-corrected chi connectivity index (χ3v) is 13.1. The van der Waals surface area contributed by atoms with Crippen LogP contribution in [0, 0.1) is 0 Å². The van der Waals surface area contributed by atoms with E-state index in [1.165, 1.54) is 22.1 Å². The van der Waals surface area contributed by atoms with E-state index in [-0.39, 0.29) is 0 Å². The van der Waals surface area contributed by atoms with E-state index in [1.54, 1.807) is 0 Å². The van der Waals surface area contributed by atoms with E-state index in [9.17, 15) is 0 Å². The summed E-state index contributed by atoms with van der Waals surface area (Å²) in [6.07, 6.45) is 0. The molecular weight excluding hydrogens is 829 g/mol. The molecule has 0 amide bonds. The second-order valence-corrected chi connectivity index (χ2v) is 17.2. The highest BCUT2D eigenvalue weighted by Gasteiger charge is 2.21. The molecule has 0 atom stereocenters. The van der Waals surface area contributed by atoms with Crippen LogP contribution in [0.3, 0.4) is 0 Å². The van der Waals surface area contributed by atoms with Crippen molar-refractivity contribution >= 4 is 43.7 Å². The van der Waals surface area contributed by atoms with Crippen molar-refractivity contribution in [2.45, 2.75) is 0 Å². The average molecular weight is 869 g/mol. The van der Waals surface area contributed by atoms with Gasteiger partial charge < -0.3 is 8.98 Å². The molecule has 0 aliphatic rings. The number of nitrogens with zero attached hydrogens (tertiary/aromatic N) is 4. The highest BCUT2D eigenvalue weighted by molar-refractivity contribution is 6.21. The molecule has 318 valence electrons. The topological polar surface area (TPSA) is 56.7 Å². The number of furan rings is 1. The van der Waals surface area contributed by atoms with Crippen LogP contribution < -0.4 is 0 Å². The Hall–Kier alpha value is -9.19. The van der Waals surface area contributed by atoms with Gasteiger partial charge in [0.2, 0.25) is 0 Å². The first kappa shape index (κ1) is 39.2. The molecule has 0 aliphatic carbocycles. The Kier molecular flexibility index (Phi) is 9.43. The summed E-state index contributed by atoms with van der Waals surface area (Å²) in [5, 5.41) is 4.32. The number of hydrogen-bond donors (Lipinski definition) is 0. The lowest BCUT2D eigenvalue weighted by atomic mass is 9.99. The van der Waals surface area contributed by atoms with Gasteiger partial charge in [-0.25, -0.2) is 15.0 Å². The van der Waals surface area contributed by atoms with E-state index in [0.717, 1.165) is 88.6 Å². The molecule has 0 saturated heterocycles. The van der Waals surface area contributed by atoms with Gasteiger partial charge in [-0.05, 0) is 99.1 Å². The predicted molar refractivity (Wildman–Crippen MR) is 279 cm³/mol. The van der Waals surface area contributed by atoms with Crippen LogP contribution in [0.5, 0.6) is 0 Å². The van der Waals surface area contributed by atoms with Crippen molar-refractivity contribution in [3.05, 3.63) is 243 Å². The number of fused-ring (bicyclic) bond motifs is 7. The van der Waals surface area contributed by atoms with Gasteiger partial charge in [0.15, 0.2) is 23.1 Å². The van der Waals surface area contributed by atoms with Gasteiger partial charge in [-0.3, -0.25) is 0 Å². The van der Waals surface area contributed by atoms with Gasteiger partial charge >= 0.3 is 0 Å². The van der Waals surface area contributed by atoms with Crippen molar-refractivity contribution in [3.63, 3.8) is 0 Å². The van der Waals surface area contributed by atoms with E-state index < -0.39 is 0 Å². The summed E-state index contributed by atoms with van der Waals surface area (Å²) in [6, 6.07) is 85.2. The number of para-hydroxylation sites is 1. The fraction of sp³-hybridized carbons (Fsp3) is 0. The Bertz CT molecular complexity index is 3990. The first-order valence-corrected chi connectivity index (χ1v) is 22.9. The van der Waals surface area contributed by atoms with Crippen molar-refractivity contribution in [2.75, 3.05) is 0 Å². The zero-order valence-electron chi connectivity index (χ0n) is 36.8. The number of aromatic nitrogens is 4. The standard InChI is InChI=1S/C63H40N4O/c1-4-14-41(15-5-1)44-26-28-46(29-27-44)61-64-62(50-23-13-22-49(39-50)43-18-8-3-9-19-43)66-63(65-61)51-32-37-58-56(40-51)55-36-35-54-53-24-10-11-25-57(53)67(59(54)60(55)68-58)52-33-30-45(31-34-52)48-21-12-20-47(38-48)42-16-6-2-7-17-42/h1-40H. The second-order valence-electron chi connectivity index (χ2n) is 17.2. The fourth-order valence-corrected chi connectivity index (χ4v) is 9.68. The summed E-state index contributed by atoms with van der Waals surface area (Å²) in [5.41, 5.74) is 16.8. The first-order chi connectivity index (χ1) is 33.7. The van der Waals surface area contributed by atoms with E-state index in [2.05, 4.69) is 235 Å². The monoisotopic (exact) mass is 868 g/mol. The highest BCUT2D eigenvalue weighted by atomic mass is 16.3. The summed E-state index contributed by atoms with van der Waals surface area (Å²) in [4.78, 5) is 15.5. The number of hydrogen-bond acceptors (Lipinski definition) is 4. The van der Waals surface area contributed by atoms with Crippen molar-refractivity contribution in [2.24, 2.45) is 0 Å². The van der Waals surface area contributed by atoms with Crippen LogP contribution in [0.25, 0.3) is 128 Å². The molecule has 13 rings (SSSR count). The van der Waals surface area contributed by atoms with E-state index in [4.69, 9.17) is 19.4 Å². The lowest BCUT2D eigenvalue weighted by molar-refractivity contribution is 0.671. The van der Waals surface area contributed by atoms with Crippen LogP contribution in [0.15, 0.2) is 247 Å². The van der Waals surface area contributed by atoms with E-state index in [1.807, 2.05) is 12.1 Å². The lowest BCUT2D eigenvalue weighted by Crippen LogP contribution is -2.00. The molecule has 0 spiro atoms. The molecule has 68 heavy (non-hydrogen) atoms. The van der Waals surface area contributed by atoms with Gasteiger partial charge in [-0.15, -0.1) is 0 Å². The third-order valence-electron chi connectivity index (χ3n) is 13.1. The molecule has 13 aromatic rings. The van der Waals surface area contributed by atoms with Crippen LogP contribution in [-0.2, 0) is 0 Å². The smallest absolute Gasteiger partial charge is 0.164 e. The molecule has 0 radical (unpaired) electrons. The van der Waals surface area contributed by atoms with Crippen LogP contribution in [0.4, 0.5) is 0 Å². The Labute approximate surface area is 392 Å². The predicted octanol–water partition coefficient (Wildman–Crippen LogP) is 16.5. The maximum Gasteiger partial charge on any atom is 0.164 e. The maximum absolute atomic E-state index is 6.91. The summed E-state index contributed by atoms with van der Waals surface area (Å²) in [6.45, 7) is 0. The molecule has 10 aromatic carbocycles. The molecule has 0 saturated carbocycles. The first-order valence-electron chi connectivity index (χ1n) is 22.9. The Morgan fingerprint density at radius 1 is 0.279 bits per heavy atom. The molecule has 0 fully saturated rings. The zero-order valence-corrected chi connectivity index (χ0v) is 36.8. The summed E-state index contributed by atoms with van der Waals surface area (Å²) >= 11 is 0. The van der Waals surface area contributed by atoms with Crippen molar-refractivity contribution in [1.29, 1.82) is 0 Å². The van der Waals surface area contributed by atoms with Gasteiger partial charge in [0.1, 0.15) is 5.58 Å². The number of rotatable bonds is 8. The molecule has 5 heteroatoms. The largest absolute Gasteiger partial charge is 0.454 e. The maximum atomic E-state index is 6.91. The van der Waals surface area contributed by atoms with Gasteiger partial charge in [0, 0.05) is 43.9 Å². The minimum atomic E-state index is 0.586. The quantitative estimate of drug-likeness (QED) is 0.153. The van der Waals surface area contributed by atoms with Gasteiger partial charge in [-0.1, -0.05) is 188 Å². The van der Waals surface area contributed by atoms with E-state index >= 15 is 0 Å². The number of benzene rings is 10. The molecule has 0 N–H and O–H groups in total. The van der Waals surface area contributed by atoms with Crippen LogP contribution in [0.2, 0.25) is 0 Å². The van der Waals surface area contributed by atoms with Crippen LogP contribution in [0.1, 0.15) is 0 Å². The normalized spacial score (nSPS) is 11.5. The third kappa shape index (κ3) is 6.93. The summed E-state index contributed by atoms with van der Waals surface area (Å²) in [5.74, 6) is 1.80. The summed E-state index contributed by atoms with van der Waals surface area (Å²) in [7, 11) is 0. The van der Waals surface area contributed by atoms with Gasteiger partial charge in [-0.2, -0.15) is 0 Å². The molecule has 3 aromatic heterocycles. The van der Waals surface area contributed by atoms with Crippen molar-refractivity contribution < 1.29 is 4.42 Å². The fourth-order valence-electron chi connectivity index (χ4n) is 9.68. The minimum absolute atomic E-state index is 0.586. The zero-order chi connectivity index (χ0) is 45.0. The van der Waals surface area contributed by atoms with Crippen molar-refractivity contribution in [3.8, 4) is 84.4 Å². The molecular formula is C63H40N4O. The highest BCUT2D eigenvalue weighted by Crippen LogP contribution is 2.42. The van der Waals surface area contributed by atoms with E-state index in [0.29, 0.717) is 17.5 Å².